The number of carbonyl (C=O) groups excluding carboxylic acids is 1. The van der Waals surface area contributed by atoms with Crippen molar-refractivity contribution >= 4 is 22.0 Å². The molecule has 0 saturated carbocycles. The quantitative estimate of drug-likeness (QED) is 0.824. The first-order valence-corrected chi connectivity index (χ1v) is 7.89. The molecule has 0 saturated heterocycles. The lowest BCUT2D eigenvalue weighted by atomic mass is 10.4. The molecule has 0 atom stereocenters. The molecule has 0 aliphatic heterocycles. The van der Waals surface area contributed by atoms with Crippen LogP contribution in [0.25, 0.3) is 0 Å². The largest absolute Gasteiger partial charge is 0.481 e. The molecule has 0 fully saturated rings. The Morgan fingerprint density at radius 1 is 1.12 bits per heavy atom. The van der Waals surface area contributed by atoms with Crippen LogP contribution in [0.5, 0.6) is 11.8 Å². The Kier molecular flexibility index (Phi) is 5.14. The van der Waals surface area contributed by atoms with Gasteiger partial charge in [0.05, 0.1) is 20.3 Å². The van der Waals surface area contributed by atoms with Crippen molar-refractivity contribution in [2.75, 3.05) is 19.5 Å². The van der Waals surface area contributed by atoms with Crippen molar-refractivity contribution in [2.45, 2.75) is 4.90 Å². The molecule has 11 heteroatoms. The van der Waals surface area contributed by atoms with Crippen LogP contribution in [0.1, 0.15) is 0 Å². The Morgan fingerprint density at radius 3 is 2.25 bits per heavy atom. The van der Waals surface area contributed by atoms with Crippen LogP contribution in [-0.4, -0.2) is 38.6 Å². The molecule has 9 nitrogen and oxygen atoms in total. The average molecular weight is 356 g/mol. The molecule has 2 aromatic rings. The van der Waals surface area contributed by atoms with E-state index in [9.17, 15) is 17.6 Å². The normalized spacial score (nSPS) is 10.8. The lowest BCUT2D eigenvalue weighted by molar-refractivity contribution is 0.256. The van der Waals surface area contributed by atoms with Crippen LogP contribution in [0.3, 0.4) is 0 Å². The predicted octanol–water partition coefficient (Wildman–Crippen LogP) is 1.14. The molecule has 1 aromatic heterocycles. The van der Waals surface area contributed by atoms with E-state index in [1.54, 1.807) is 4.72 Å². The summed E-state index contributed by atoms with van der Waals surface area (Å²) in [6, 6.07) is 4.82. The van der Waals surface area contributed by atoms with E-state index in [4.69, 9.17) is 9.47 Å². The Bertz CT molecular complexity index is 837. The van der Waals surface area contributed by atoms with E-state index in [0.29, 0.717) is 0 Å². The fourth-order valence-electron chi connectivity index (χ4n) is 1.64. The summed E-state index contributed by atoms with van der Waals surface area (Å²) in [5.74, 6) is -1.06. The molecule has 1 heterocycles. The second-order valence-electron chi connectivity index (χ2n) is 4.27. The minimum absolute atomic E-state index is 0.0918. The molecule has 0 aliphatic rings. The number of methoxy groups -OCH3 is 2. The molecule has 0 bridgehead atoms. The summed E-state index contributed by atoms with van der Waals surface area (Å²) in [5, 5.41) is 2.10. The van der Waals surface area contributed by atoms with Gasteiger partial charge in [-0.2, -0.15) is 9.97 Å². The van der Waals surface area contributed by atoms with Crippen LogP contribution in [0.4, 0.5) is 15.1 Å². The van der Waals surface area contributed by atoms with Crippen LogP contribution < -0.4 is 19.5 Å². The highest BCUT2D eigenvalue weighted by Gasteiger charge is 2.22. The number of benzene rings is 1. The van der Waals surface area contributed by atoms with Gasteiger partial charge in [0.2, 0.25) is 17.7 Å². The summed E-state index contributed by atoms with van der Waals surface area (Å²) in [5.41, 5.74) is 0. The number of sulfonamides is 1. The van der Waals surface area contributed by atoms with Crippen molar-refractivity contribution in [3.8, 4) is 11.8 Å². The maximum absolute atomic E-state index is 13.6. The van der Waals surface area contributed by atoms with Gasteiger partial charge < -0.3 is 9.47 Å². The smallest absolute Gasteiger partial charge is 0.335 e. The summed E-state index contributed by atoms with van der Waals surface area (Å²) in [7, 11) is -1.71. The molecule has 24 heavy (non-hydrogen) atoms. The number of amides is 2. The van der Waals surface area contributed by atoms with Gasteiger partial charge in [0.15, 0.2) is 0 Å². The Morgan fingerprint density at radius 2 is 1.71 bits per heavy atom. The standard InChI is InChI=1S/C13H13FN4O5S/c1-22-10-7-11(23-2)16-12(15-10)17-13(19)18-24(20,21)9-6-4-3-5-8(9)14/h3-7H,1-2H3,(H2,15,16,17,18,19). The fraction of sp³-hybridized carbons (Fsp3) is 0.154. The Labute approximate surface area is 136 Å². The Balaban J connectivity index is 2.18. The zero-order chi connectivity index (χ0) is 17.7. The summed E-state index contributed by atoms with van der Waals surface area (Å²) >= 11 is 0. The van der Waals surface area contributed by atoms with Gasteiger partial charge >= 0.3 is 6.03 Å². The molecule has 128 valence electrons. The first kappa shape index (κ1) is 17.4. The highest BCUT2D eigenvalue weighted by atomic mass is 32.2. The lowest BCUT2D eigenvalue weighted by Gasteiger charge is -2.09. The van der Waals surface area contributed by atoms with Gasteiger partial charge in [0, 0.05) is 0 Å². The van der Waals surface area contributed by atoms with E-state index in [0.717, 1.165) is 12.1 Å². The molecule has 2 N–H and O–H groups in total. The van der Waals surface area contributed by atoms with E-state index in [-0.39, 0.29) is 17.7 Å². The van der Waals surface area contributed by atoms with Gasteiger partial charge in [0.25, 0.3) is 10.0 Å². The molecule has 0 unspecified atom stereocenters. The summed E-state index contributed by atoms with van der Waals surface area (Å²) < 4.78 is 49.0. The van der Waals surface area contributed by atoms with Gasteiger partial charge in [0.1, 0.15) is 10.7 Å². The highest BCUT2D eigenvalue weighted by molar-refractivity contribution is 7.90. The first-order valence-electron chi connectivity index (χ1n) is 6.41. The molecule has 2 amide bonds. The number of hydrogen-bond acceptors (Lipinski definition) is 7. The number of rotatable bonds is 5. The average Bonchev–Trinajstić information content (AvgIpc) is 2.53. The van der Waals surface area contributed by atoms with E-state index >= 15 is 0 Å². The van der Waals surface area contributed by atoms with Crippen molar-refractivity contribution in [3.05, 3.63) is 36.1 Å². The van der Waals surface area contributed by atoms with Crippen molar-refractivity contribution in [1.82, 2.24) is 14.7 Å². The second-order valence-corrected chi connectivity index (χ2v) is 5.92. The van der Waals surface area contributed by atoms with Crippen molar-refractivity contribution < 1.29 is 27.1 Å². The number of nitrogens with zero attached hydrogens (tertiary/aromatic N) is 2. The third kappa shape index (κ3) is 4.07. The third-order valence-electron chi connectivity index (χ3n) is 2.68. The van der Waals surface area contributed by atoms with Crippen LogP contribution in [0.15, 0.2) is 35.2 Å². The number of urea groups is 1. The molecule has 0 radical (unpaired) electrons. The molecular formula is C13H13FN4O5S. The number of carbonyl (C=O) groups is 1. The summed E-state index contributed by atoms with van der Waals surface area (Å²) in [6.07, 6.45) is 0. The van der Waals surface area contributed by atoms with Crippen LogP contribution in [0, 0.1) is 5.82 Å². The summed E-state index contributed by atoms with van der Waals surface area (Å²) in [4.78, 5) is 18.8. The molecular weight excluding hydrogens is 343 g/mol. The van der Waals surface area contributed by atoms with Crippen molar-refractivity contribution in [2.24, 2.45) is 0 Å². The topological polar surface area (TPSA) is 120 Å². The monoisotopic (exact) mass is 356 g/mol. The number of nitrogens with one attached hydrogen (secondary N) is 2. The third-order valence-corrected chi connectivity index (χ3v) is 4.04. The maximum atomic E-state index is 13.6. The van der Waals surface area contributed by atoms with E-state index in [1.807, 2.05) is 0 Å². The maximum Gasteiger partial charge on any atom is 0.335 e. The predicted molar refractivity (Wildman–Crippen MR) is 80.9 cm³/mol. The zero-order valence-electron chi connectivity index (χ0n) is 12.6. The van der Waals surface area contributed by atoms with Crippen molar-refractivity contribution in [1.29, 1.82) is 0 Å². The summed E-state index contributed by atoms with van der Waals surface area (Å²) in [6.45, 7) is 0. The van der Waals surface area contributed by atoms with E-state index in [1.165, 1.54) is 32.4 Å². The minimum atomic E-state index is -4.40. The lowest BCUT2D eigenvalue weighted by Crippen LogP contribution is -2.35. The number of aromatic nitrogens is 2. The number of halogens is 1. The highest BCUT2D eigenvalue weighted by Crippen LogP contribution is 2.17. The Hall–Kier alpha value is -2.95. The minimum Gasteiger partial charge on any atom is -0.481 e. The van der Waals surface area contributed by atoms with Gasteiger partial charge in [-0.3, -0.25) is 5.32 Å². The molecule has 2 rings (SSSR count). The molecule has 0 aliphatic carbocycles. The molecule has 0 spiro atoms. The number of ether oxygens (including phenoxy) is 2. The van der Waals surface area contributed by atoms with Gasteiger partial charge in [-0.15, -0.1) is 0 Å². The van der Waals surface area contributed by atoms with E-state index in [2.05, 4.69) is 15.3 Å². The first-order chi connectivity index (χ1) is 11.4. The van der Waals surface area contributed by atoms with Crippen LogP contribution in [0.2, 0.25) is 0 Å². The van der Waals surface area contributed by atoms with Gasteiger partial charge in [-0.05, 0) is 12.1 Å². The van der Waals surface area contributed by atoms with Gasteiger partial charge in [-0.1, -0.05) is 12.1 Å². The number of hydrogen-bond donors (Lipinski definition) is 2. The fourth-order valence-corrected chi connectivity index (χ4v) is 2.62. The van der Waals surface area contributed by atoms with Crippen molar-refractivity contribution in [3.63, 3.8) is 0 Å². The van der Waals surface area contributed by atoms with Crippen LogP contribution in [-0.2, 0) is 10.0 Å². The van der Waals surface area contributed by atoms with E-state index < -0.39 is 26.8 Å². The number of anilines is 1. The molecule has 1 aromatic carbocycles. The second kappa shape index (κ2) is 7.08. The van der Waals surface area contributed by atoms with Gasteiger partial charge in [-0.25, -0.2) is 22.3 Å². The zero-order valence-corrected chi connectivity index (χ0v) is 13.4. The van der Waals surface area contributed by atoms with Crippen LogP contribution >= 0.6 is 0 Å². The SMILES string of the molecule is COc1cc(OC)nc(NC(=O)NS(=O)(=O)c2ccccc2F)n1.